The molecule has 176 valence electrons. The molecule has 8 nitrogen and oxygen atoms in total. The Morgan fingerprint density at radius 2 is 1.82 bits per heavy atom. The Hall–Kier alpha value is -3.94. The van der Waals surface area contributed by atoms with Crippen molar-refractivity contribution < 1.29 is 19.2 Å². The summed E-state index contributed by atoms with van der Waals surface area (Å²) in [4.78, 5) is 39.2. The fourth-order valence-electron chi connectivity index (χ4n) is 4.85. The van der Waals surface area contributed by atoms with Crippen molar-refractivity contribution >= 4 is 23.1 Å². The van der Waals surface area contributed by atoms with Gasteiger partial charge in [0, 0.05) is 61.2 Å². The Morgan fingerprint density at radius 3 is 2.44 bits per heavy atom. The number of nitro benzene ring substituents is 1. The van der Waals surface area contributed by atoms with Gasteiger partial charge in [-0.1, -0.05) is 24.3 Å². The van der Waals surface area contributed by atoms with Crippen molar-refractivity contribution in [2.45, 2.75) is 31.6 Å². The van der Waals surface area contributed by atoms with Crippen LogP contribution in [0.25, 0.3) is 0 Å². The van der Waals surface area contributed by atoms with E-state index in [1.807, 2.05) is 43.3 Å². The smallest absolute Gasteiger partial charge is 0.336 e. The number of hydrogen-bond donors (Lipinski definition) is 1. The number of nitro groups is 1. The number of hydrogen-bond acceptors (Lipinski definition) is 7. The van der Waals surface area contributed by atoms with Crippen LogP contribution in [0.3, 0.4) is 0 Å². The Bertz CT molecular complexity index is 1230. The van der Waals surface area contributed by atoms with Gasteiger partial charge in [0.2, 0.25) is 0 Å². The van der Waals surface area contributed by atoms with E-state index in [9.17, 15) is 19.7 Å². The average molecular weight is 462 g/mol. The number of methoxy groups -OCH3 is 1. The van der Waals surface area contributed by atoms with Gasteiger partial charge in [-0.05, 0) is 42.5 Å². The fraction of sp³-hybridized carbons (Fsp3) is 0.308. The quantitative estimate of drug-likeness (QED) is 0.405. The molecular formula is C26H27N3O5. The second-order valence-corrected chi connectivity index (χ2v) is 8.85. The highest BCUT2D eigenvalue weighted by Gasteiger charge is 2.41. The number of carbonyl (C=O) groups is 2. The SMILES string of the molecule is COC(=O)C1=C(C)NC2=C(C(=O)C[C@H](c3ccc(N(C)C)cc3)C2)[C@H]1c1cccc([N+](=O)[O-])c1. The number of rotatable bonds is 5. The largest absolute Gasteiger partial charge is 0.466 e. The second-order valence-electron chi connectivity index (χ2n) is 8.85. The highest BCUT2D eigenvalue weighted by Crippen LogP contribution is 2.46. The number of allylic oxidation sites excluding steroid dienone is 3. The predicted octanol–water partition coefficient (Wildman–Crippen LogP) is 4.20. The molecule has 2 aromatic carbocycles. The van der Waals surface area contributed by atoms with Gasteiger partial charge in [0.15, 0.2) is 5.78 Å². The summed E-state index contributed by atoms with van der Waals surface area (Å²) in [6.07, 6.45) is 0.889. The highest BCUT2D eigenvalue weighted by molar-refractivity contribution is 6.04. The van der Waals surface area contributed by atoms with E-state index in [-0.39, 0.29) is 17.4 Å². The molecule has 1 aliphatic carbocycles. The third-order valence-corrected chi connectivity index (χ3v) is 6.53. The zero-order valence-corrected chi connectivity index (χ0v) is 19.6. The minimum Gasteiger partial charge on any atom is -0.466 e. The summed E-state index contributed by atoms with van der Waals surface area (Å²) in [5.41, 5.74) is 4.68. The van der Waals surface area contributed by atoms with Crippen LogP contribution in [0, 0.1) is 10.1 Å². The fourth-order valence-corrected chi connectivity index (χ4v) is 4.85. The molecule has 34 heavy (non-hydrogen) atoms. The molecule has 0 unspecified atom stereocenters. The third-order valence-electron chi connectivity index (χ3n) is 6.53. The number of non-ortho nitro benzene ring substituents is 1. The molecule has 0 fully saturated rings. The van der Waals surface area contributed by atoms with E-state index in [0.717, 1.165) is 16.9 Å². The number of nitrogens with zero attached hydrogens (tertiary/aromatic N) is 2. The molecule has 1 N–H and O–H groups in total. The van der Waals surface area contributed by atoms with Crippen molar-refractivity contribution in [1.29, 1.82) is 0 Å². The number of nitrogens with one attached hydrogen (secondary N) is 1. The number of ether oxygens (including phenoxy) is 1. The van der Waals surface area contributed by atoms with Gasteiger partial charge in [0.1, 0.15) is 0 Å². The molecule has 2 atom stereocenters. The van der Waals surface area contributed by atoms with E-state index in [4.69, 9.17) is 4.74 Å². The van der Waals surface area contributed by atoms with Crippen molar-refractivity contribution in [3.8, 4) is 0 Å². The van der Waals surface area contributed by atoms with Crippen LogP contribution in [-0.2, 0) is 14.3 Å². The van der Waals surface area contributed by atoms with Gasteiger partial charge in [0.05, 0.1) is 17.6 Å². The molecule has 1 heterocycles. The molecule has 1 aliphatic heterocycles. The van der Waals surface area contributed by atoms with Crippen LogP contribution in [-0.4, -0.2) is 37.9 Å². The van der Waals surface area contributed by atoms with E-state index in [1.54, 1.807) is 19.1 Å². The number of ketones is 1. The molecule has 2 aromatic rings. The normalized spacial score (nSPS) is 19.9. The van der Waals surface area contributed by atoms with Gasteiger partial charge < -0.3 is 15.0 Å². The van der Waals surface area contributed by atoms with Crippen molar-refractivity contribution in [1.82, 2.24) is 5.32 Å². The van der Waals surface area contributed by atoms with Crippen LogP contribution >= 0.6 is 0 Å². The number of Topliss-reactive ketones (excluding diaryl/α,β-unsaturated/α-hetero) is 1. The molecule has 0 bridgehead atoms. The van der Waals surface area contributed by atoms with Crippen molar-refractivity contribution in [3.63, 3.8) is 0 Å². The standard InChI is InChI=1S/C26H27N3O5/c1-15-23(26(31)34-4)24(17-6-5-7-20(12-17)29(32)33)25-21(27-15)13-18(14-22(25)30)16-8-10-19(11-9-16)28(2)3/h5-12,18,24,27H,13-14H2,1-4H3/t18-,24+/m1/s1. The lowest BCUT2D eigenvalue weighted by atomic mass is 9.71. The van der Waals surface area contributed by atoms with E-state index in [1.165, 1.54) is 19.2 Å². The zero-order chi connectivity index (χ0) is 24.6. The summed E-state index contributed by atoms with van der Waals surface area (Å²) >= 11 is 0. The molecule has 0 radical (unpaired) electrons. The first kappa shape index (κ1) is 23.2. The molecule has 2 aliphatic rings. The number of esters is 1. The van der Waals surface area contributed by atoms with Crippen LogP contribution in [0.5, 0.6) is 0 Å². The van der Waals surface area contributed by atoms with E-state index >= 15 is 0 Å². The van der Waals surface area contributed by atoms with Crippen LogP contribution in [0.2, 0.25) is 0 Å². The van der Waals surface area contributed by atoms with Crippen LogP contribution in [0.15, 0.2) is 71.1 Å². The molecule has 0 amide bonds. The Balaban J connectivity index is 1.78. The highest BCUT2D eigenvalue weighted by atomic mass is 16.6. The van der Waals surface area contributed by atoms with Gasteiger partial charge in [-0.15, -0.1) is 0 Å². The first-order valence-corrected chi connectivity index (χ1v) is 11.0. The first-order valence-electron chi connectivity index (χ1n) is 11.0. The maximum absolute atomic E-state index is 13.5. The van der Waals surface area contributed by atoms with E-state index in [2.05, 4.69) is 5.32 Å². The molecule has 0 saturated carbocycles. The molecule has 0 saturated heterocycles. The van der Waals surface area contributed by atoms with E-state index < -0.39 is 16.8 Å². The lowest BCUT2D eigenvalue weighted by Crippen LogP contribution is -2.36. The van der Waals surface area contributed by atoms with Crippen LogP contribution in [0.4, 0.5) is 11.4 Å². The second kappa shape index (κ2) is 9.13. The number of anilines is 1. The minimum atomic E-state index is -0.729. The summed E-state index contributed by atoms with van der Waals surface area (Å²) in [5, 5.41) is 14.7. The number of benzene rings is 2. The summed E-state index contributed by atoms with van der Waals surface area (Å²) in [6.45, 7) is 1.76. The van der Waals surface area contributed by atoms with Gasteiger partial charge in [-0.2, -0.15) is 0 Å². The molecule has 0 aromatic heterocycles. The molecule has 0 spiro atoms. The van der Waals surface area contributed by atoms with Crippen molar-refractivity contribution in [3.05, 3.63) is 92.3 Å². The maximum Gasteiger partial charge on any atom is 0.336 e. The Labute approximate surface area is 198 Å². The predicted molar refractivity (Wildman–Crippen MR) is 128 cm³/mol. The first-order chi connectivity index (χ1) is 16.2. The number of dihydropyridines is 1. The lowest BCUT2D eigenvalue weighted by Gasteiger charge is -2.36. The minimum absolute atomic E-state index is 0.00630. The molecule has 8 heteroatoms. The summed E-state index contributed by atoms with van der Waals surface area (Å²) in [5.74, 6) is -1.38. The van der Waals surface area contributed by atoms with Crippen LogP contribution < -0.4 is 10.2 Å². The van der Waals surface area contributed by atoms with Crippen molar-refractivity contribution in [2.24, 2.45) is 0 Å². The molecular weight excluding hydrogens is 434 g/mol. The Kier molecular flexibility index (Phi) is 6.24. The monoisotopic (exact) mass is 461 g/mol. The van der Waals surface area contributed by atoms with Gasteiger partial charge in [-0.3, -0.25) is 14.9 Å². The average Bonchev–Trinajstić information content (AvgIpc) is 2.82. The van der Waals surface area contributed by atoms with Gasteiger partial charge in [-0.25, -0.2) is 4.79 Å². The maximum atomic E-state index is 13.5. The van der Waals surface area contributed by atoms with Gasteiger partial charge in [0.25, 0.3) is 5.69 Å². The van der Waals surface area contributed by atoms with Gasteiger partial charge >= 0.3 is 5.97 Å². The summed E-state index contributed by atoms with van der Waals surface area (Å²) < 4.78 is 5.02. The van der Waals surface area contributed by atoms with Crippen LogP contribution in [0.1, 0.15) is 42.7 Å². The Morgan fingerprint density at radius 1 is 1.12 bits per heavy atom. The van der Waals surface area contributed by atoms with Crippen molar-refractivity contribution in [2.75, 3.05) is 26.1 Å². The van der Waals surface area contributed by atoms with E-state index in [0.29, 0.717) is 35.2 Å². The summed E-state index contributed by atoms with van der Waals surface area (Å²) in [6, 6.07) is 14.3. The topological polar surface area (TPSA) is 102 Å². The third kappa shape index (κ3) is 4.19. The lowest BCUT2D eigenvalue weighted by molar-refractivity contribution is -0.384. The molecule has 4 rings (SSSR count). The zero-order valence-electron chi connectivity index (χ0n) is 19.6. The number of carbonyl (C=O) groups excluding carboxylic acids is 2. The summed E-state index contributed by atoms with van der Waals surface area (Å²) in [7, 11) is 5.24.